The fourth-order valence-corrected chi connectivity index (χ4v) is 1.63. The maximum atomic E-state index is 11.5. The molecule has 1 amide bonds. The van der Waals surface area contributed by atoms with Gasteiger partial charge in [0.1, 0.15) is 11.9 Å². The number of thioether (sulfide) groups is 1. The van der Waals surface area contributed by atoms with Crippen molar-refractivity contribution < 1.29 is 14.3 Å². The van der Waals surface area contributed by atoms with Gasteiger partial charge in [-0.1, -0.05) is 0 Å². The number of nitrogens with one attached hydrogen (secondary N) is 1. The van der Waals surface area contributed by atoms with E-state index in [1.165, 1.54) is 0 Å². The molecule has 94 valence electrons. The fourth-order valence-electron chi connectivity index (χ4n) is 1.00. The van der Waals surface area contributed by atoms with Gasteiger partial charge < -0.3 is 14.8 Å². The Morgan fingerprint density at radius 3 is 2.31 bits per heavy atom. The van der Waals surface area contributed by atoms with Crippen molar-refractivity contribution >= 4 is 24.1 Å². The normalized spacial score (nSPS) is 15.1. The molecule has 4 nitrogen and oxygen atoms in total. The first-order chi connectivity index (χ1) is 7.22. The molecule has 0 aromatic carbocycles. The van der Waals surface area contributed by atoms with Crippen molar-refractivity contribution in [1.82, 2.24) is 5.32 Å². The highest BCUT2D eigenvalue weighted by atomic mass is 32.2. The lowest BCUT2D eigenvalue weighted by Crippen LogP contribution is -2.49. The summed E-state index contributed by atoms with van der Waals surface area (Å²) >= 11 is 1.63. The Bertz CT molecular complexity index is 250. The van der Waals surface area contributed by atoms with Crippen LogP contribution < -0.4 is 5.32 Å². The van der Waals surface area contributed by atoms with Gasteiger partial charge in [-0.05, 0) is 46.1 Å². The molecule has 0 bridgehead atoms. The summed E-state index contributed by atoms with van der Waals surface area (Å²) in [5, 5.41) is 2.59. The van der Waals surface area contributed by atoms with E-state index in [1.54, 1.807) is 39.5 Å². The number of amides is 1. The van der Waals surface area contributed by atoms with E-state index >= 15 is 0 Å². The second-order valence-corrected chi connectivity index (χ2v) is 5.89. The van der Waals surface area contributed by atoms with Crippen LogP contribution in [0.5, 0.6) is 0 Å². The molecule has 0 aliphatic heterocycles. The Morgan fingerprint density at radius 1 is 1.38 bits per heavy atom. The van der Waals surface area contributed by atoms with Crippen LogP contribution in [0.2, 0.25) is 0 Å². The maximum absolute atomic E-state index is 11.5. The Balaban J connectivity index is 4.31. The smallest absolute Gasteiger partial charge is 0.408 e. The molecule has 0 rings (SSSR count). The van der Waals surface area contributed by atoms with Gasteiger partial charge in [0.25, 0.3) is 0 Å². The molecule has 16 heavy (non-hydrogen) atoms. The monoisotopic (exact) mass is 247 g/mol. The highest BCUT2D eigenvalue weighted by Gasteiger charge is 2.27. The van der Waals surface area contributed by atoms with E-state index in [1.807, 2.05) is 6.26 Å². The van der Waals surface area contributed by atoms with E-state index < -0.39 is 17.2 Å². The predicted molar refractivity (Wildman–Crippen MR) is 66.8 cm³/mol. The van der Waals surface area contributed by atoms with Crippen molar-refractivity contribution in [3.05, 3.63) is 0 Å². The van der Waals surface area contributed by atoms with Crippen LogP contribution in [0.3, 0.4) is 0 Å². The number of ether oxygens (including phenoxy) is 1. The lowest BCUT2D eigenvalue weighted by molar-refractivity contribution is -0.113. The van der Waals surface area contributed by atoms with Gasteiger partial charge in [0.2, 0.25) is 0 Å². The van der Waals surface area contributed by atoms with Gasteiger partial charge in [-0.3, -0.25) is 0 Å². The summed E-state index contributed by atoms with van der Waals surface area (Å²) in [6.45, 7) is 7.05. The second-order valence-electron chi connectivity index (χ2n) is 4.91. The standard InChI is InChI=1S/C11H21NO3S/c1-10(2,3)15-9(14)12-11(4,8-13)6-7-16-5/h8H,6-7H2,1-5H3,(H,12,14). The number of hydrogen-bond acceptors (Lipinski definition) is 4. The predicted octanol–water partition coefficient (Wildman–Crippen LogP) is 2.22. The Labute approximate surface area is 101 Å². The maximum Gasteiger partial charge on any atom is 0.408 e. The van der Waals surface area contributed by atoms with Gasteiger partial charge in [-0.15, -0.1) is 0 Å². The van der Waals surface area contributed by atoms with Gasteiger partial charge in [-0.25, -0.2) is 4.79 Å². The molecule has 5 heteroatoms. The number of aldehydes is 1. The molecule has 0 aromatic heterocycles. The van der Waals surface area contributed by atoms with Gasteiger partial charge in [0.05, 0.1) is 5.54 Å². The van der Waals surface area contributed by atoms with Gasteiger partial charge >= 0.3 is 6.09 Å². The van der Waals surface area contributed by atoms with Crippen molar-refractivity contribution in [2.45, 2.75) is 45.3 Å². The van der Waals surface area contributed by atoms with Crippen molar-refractivity contribution in [2.75, 3.05) is 12.0 Å². The number of carbonyl (C=O) groups excluding carboxylic acids is 2. The Kier molecular flexibility index (Phi) is 5.86. The largest absolute Gasteiger partial charge is 0.444 e. The second kappa shape index (κ2) is 6.13. The fraction of sp³-hybridized carbons (Fsp3) is 0.818. The lowest BCUT2D eigenvalue weighted by atomic mass is 10.0. The average Bonchev–Trinajstić information content (AvgIpc) is 2.11. The minimum absolute atomic E-state index is 0.548. The van der Waals surface area contributed by atoms with Crippen molar-refractivity contribution in [1.29, 1.82) is 0 Å². The van der Waals surface area contributed by atoms with E-state index in [-0.39, 0.29) is 0 Å². The van der Waals surface area contributed by atoms with Crippen LogP contribution >= 0.6 is 11.8 Å². The highest BCUT2D eigenvalue weighted by molar-refractivity contribution is 7.98. The zero-order chi connectivity index (χ0) is 12.8. The molecular formula is C11H21NO3S. The topological polar surface area (TPSA) is 55.4 Å². The number of hydrogen-bond donors (Lipinski definition) is 1. The molecule has 0 saturated heterocycles. The third-order valence-corrected chi connectivity index (χ3v) is 2.48. The molecule has 0 aromatic rings. The molecule has 0 aliphatic rings. The first-order valence-corrected chi connectivity index (χ1v) is 6.58. The summed E-state index contributed by atoms with van der Waals surface area (Å²) in [7, 11) is 0. The summed E-state index contributed by atoms with van der Waals surface area (Å²) in [6.07, 6.45) is 2.76. The van der Waals surface area contributed by atoms with Crippen molar-refractivity contribution in [3.63, 3.8) is 0 Å². The number of rotatable bonds is 5. The molecule has 0 saturated carbocycles. The average molecular weight is 247 g/mol. The van der Waals surface area contributed by atoms with Crippen molar-refractivity contribution in [2.24, 2.45) is 0 Å². The molecule has 0 fully saturated rings. The molecule has 1 N–H and O–H groups in total. The number of alkyl carbamates (subject to hydrolysis) is 1. The Morgan fingerprint density at radius 2 is 1.94 bits per heavy atom. The van der Waals surface area contributed by atoms with Crippen LogP contribution in [0.1, 0.15) is 34.1 Å². The van der Waals surface area contributed by atoms with E-state index in [4.69, 9.17) is 4.74 Å². The lowest BCUT2D eigenvalue weighted by Gasteiger charge is -2.27. The van der Waals surface area contributed by atoms with Crippen LogP contribution in [0.15, 0.2) is 0 Å². The zero-order valence-electron chi connectivity index (χ0n) is 10.6. The van der Waals surface area contributed by atoms with Crippen LogP contribution in [0, 0.1) is 0 Å². The van der Waals surface area contributed by atoms with E-state index in [0.29, 0.717) is 6.42 Å². The van der Waals surface area contributed by atoms with Crippen LogP contribution in [0.25, 0.3) is 0 Å². The van der Waals surface area contributed by atoms with Crippen LogP contribution in [-0.2, 0) is 9.53 Å². The minimum Gasteiger partial charge on any atom is -0.444 e. The molecular weight excluding hydrogens is 226 g/mol. The third kappa shape index (κ3) is 6.71. The molecule has 0 heterocycles. The first-order valence-electron chi connectivity index (χ1n) is 5.19. The van der Waals surface area contributed by atoms with Crippen LogP contribution in [0.4, 0.5) is 4.79 Å². The van der Waals surface area contributed by atoms with E-state index in [2.05, 4.69) is 5.32 Å². The Hall–Kier alpha value is -0.710. The quantitative estimate of drug-likeness (QED) is 0.757. The SMILES string of the molecule is CSCCC(C)(C=O)NC(=O)OC(C)(C)C. The first kappa shape index (κ1) is 15.3. The van der Waals surface area contributed by atoms with Gasteiger partial charge in [-0.2, -0.15) is 11.8 Å². The van der Waals surface area contributed by atoms with Gasteiger partial charge in [0.15, 0.2) is 0 Å². The molecule has 0 spiro atoms. The molecule has 1 unspecified atom stereocenters. The van der Waals surface area contributed by atoms with Gasteiger partial charge in [0, 0.05) is 0 Å². The minimum atomic E-state index is -0.842. The molecule has 0 radical (unpaired) electrons. The summed E-state index contributed by atoms with van der Waals surface area (Å²) in [5.41, 5.74) is -1.39. The van der Waals surface area contributed by atoms with E-state index in [0.717, 1.165) is 12.0 Å². The van der Waals surface area contributed by atoms with Crippen LogP contribution in [-0.4, -0.2) is 35.5 Å². The summed E-state index contributed by atoms with van der Waals surface area (Å²) in [6, 6.07) is 0. The third-order valence-electron chi connectivity index (χ3n) is 1.87. The van der Waals surface area contributed by atoms with Crippen molar-refractivity contribution in [3.8, 4) is 0 Å². The summed E-state index contributed by atoms with van der Waals surface area (Å²) in [4.78, 5) is 22.5. The molecule has 0 aliphatic carbocycles. The summed E-state index contributed by atoms with van der Waals surface area (Å²) in [5.74, 6) is 0.811. The number of carbonyl (C=O) groups is 2. The molecule has 1 atom stereocenters. The van der Waals surface area contributed by atoms with E-state index in [9.17, 15) is 9.59 Å². The highest BCUT2D eigenvalue weighted by Crippen LogP contribution is 2.13. The summed E-state index contributed by atoms with van der Waals surface area (Å²) < 4.78 is 5.10. The zero-order valence-corrected chi connectivity index (χ0v) is 11.4.